The van der Waals surface area contributed by atoms with Crippen LogP contribution in [0.15, 0.2) is 54.6 Å². The molecule has 2 atom stereocenters. The number of carbonyl (C=O) groups is 1. The van der Waals surface area contributed by atoms with E-state index in [1.165, 1.54) is 18.4 Å². The molecule has 5 heteroatoms. The molecule has 0 spiro atoms. The summed E-state index contributed by atoms with van der Waals surface area (Å²) < 4.78 is 6.28. The van der Waals surface area contributed by atoms with Crippen LogP contribution in [0.1, 0.15) is 62.0 Å². The van der Waals surface area contributed by atoms with Gasteiger partial charge in [-0.15, -0.1) is 0 Å². The van der Waals surface area contributed by atoms with E-state index in [1.807, 2.05) is 12.1 Å². The van der Waals surface area contributed by atoms with Gasteiger partial charge in [-0.1, -0.05) is 30.3 Å². The molecule has 2 aliphatic carbocycles. The Morgan fingerprint density at radius 3 is 2.38 bits per heavy atom. The Labute approximate surface area is 202 Å². The second-order valence-corrected chi connectivity index (χ2v) is 10.8. The summed E-state index contributed by atoms with van der Waals surface area (Å²) in [7, 11) is 0. The highest BCUT2D eigenvalue weighted by Crippen LogP contribution is 2.53. The van der Waals surface area contributed by atoms with Crippen molar-refractivity contribution in [1.29, 1.82) is 5.26 Å². The van der Waals surface area contributed by atoms with Crippen LogP contribution in [0.4, 0.5) is 0 Å². The molecular formula is C29H34N2O3. The van der Waals surface area contributed by atoms with Gasteiger partial charge in [-0.3, -0.25) is 4.79 Å². The standard InChI is InChI=1S/C29H34N2O3/c30-19-22-6-8-25(9-7-22)34-21-28(11-10-24-18-26(24)23-4-2-1-3-5-23)14-16-31(17-15-28)20-29(12-13-29)27(32)33/h1-9,24,26H,10-18,20-21H2,(H,32,33)/t24-,26?/m1/s1. The molecule has 1 N–H and O–H groups in total. The molecule has 0 amide bonds. The van der Waals surface area contributed by atoms with E-state index in [-0.39, 0.29) is 5.41 Å². The van der Waals surface area contributed by atoms with Gasteiger partial charge in [0.05, 0.1) is 23.7 Å². The fraction of sp³-hybridized carbons (Fsp3) is 0.517. The van der Waals surface area contributed by atoms with Crippen LogP contribution in [0, 0.1) is 28.1 Å². The summed E-state index contributed by atoms with van der Waals surface area (Å²) in [5.41, 5.74) is 1.74. The third kappa shape index (κ3) is 5.13. The first-order valence-electron chi connectivity index (χ1n) is 12.6. The molecule has 5 rings (SSSR count). The predicted octanol–water partition coefficient (Wildman–Crippen LogP) is 5.47. The van der Waals surface area contributed by atoms with E-state index in [1.54, 1.807) is 12.1 Å². The van der Waals surface area contributed by atoms with E-state index in [9.17, 15) is 9.90 Å². The zero-order valence-corrected chi connectivity index (χ0v) is 19.8. The van der Waals surface area contributed by atoms with Gasteiger partial charge in [0.1, 0.15) is 5.75 Å². The monoisotopic (exact) mass is 458 g/mol. The van der Waals surface area contributed by atoms with E-state index in [4.69, 9.17) is 10.00 Å². The molecule has 2 saturated carbocycles. The highest BCUT2D eigenvalue weighted by Gasteiger charge is 2.52. The molecule has 0 bridgehead atoms. The highest BCUT2D eigenvalue weighted by atomic mass is 16.5. The number of carboxylic acids is 1. The summed E-state index contributed by atoms with van der Waals surface area (Å²) in [4.78, 5) is 14.0. The van der Waals surface area contributed by atoms with Gasteiger partial charge in [-0.05, 0) is 99.7 Å². The summed E-state index contributed by atoms with van der Waals surface area (Å²) in [6.45, 7) is 3.25. The maximum atomic E-state index is 11.7. The first-order valence-corrected chi connectivity index (χ1v) is 12.6. The van der Waals surface area contributed by atoms with E-state index in [2.05, 4.69) is 41.3 Å². The molecule has 1 aliphatic heterocycles. The van der Waals surface area contributed by atoms with Crippen LogP contribution in [-0.2, 0) is 4.79 Å². The van der Waals surface area contributed by atoms with Gasteiger partial charge in [0, 0.05) is 12.0 Å². The van der Waals surface area contributed by atoms with Crippen molar-refractivity contribution in [2.45, 2.75) is 50.9 Å². The average molecular weight is 459 g/mol. The fourth-order valence-corrected chi connectivity index (χ4v) is 5.70. The second kappa shape index (κ2) is 9.43. The number of hydrogen-bond acceptors (Lipinski definition) is 4. The number of hydrogen-bond donors (Lipinski definition) is 1. The van der Waals surface area contributed by atoms with Crippen molar-refractivity contribution in [1.82, 2.24) is 4.90 Å². The summed E-state index contributed by atoms with van der Waals surface area (Å²) >= 11 is 0. The maximum absolute atomic E-state index is 11.7. The Balaban J connectivity index is 1.20. The van der Waals surface area contributed by atoms with Crippen LogP contribution in [0.2, 0.25) is 0 Å². The van der Waals surface area contributed by atoms with Crippen molar-refractivity contribution in [3.8, 4) is 11.8 Å². The van der Waals surface area contributed by atoms with E-state index in [0.29, 0.717) is 24.6 Å². The second-order valence-electron chi connectivity index (χ2n) is 10.8. The van der Waals surface area contributed by atoms with Crippen LogP contribution in [0.5, 0.6) is 5.75 Å². The number of nitriles is 1. The highest BCUT2D eigenvalue weighted by molar-refractivity contribution is 5.78. The van der Waals surface area contributed by atoms with E-state index < -0.39 is 11.4 Å². The van der Waals surface area contributed by atoms with Crippen molar-refractivity contribution in [2.24, 2.45) is 16.7 Å². The number of nitrogens with zero attached hydrogens (tertiary/aromatic N) is 2. The SMILES string of the molecule is N#Cc1ccc(OCC2(CC[C@@H]3CC3c3ccccc3)CCN(CC3(C(=O)O)CC3)CC2)cc1. The van der Waals surface area contributed by atoms with Crippen molar-refractivity contribution in [2.75, 3.05) is 26.2 Å². The summed E-state index contributed by atoms with van der Waals surface area (Å²) in [6.07, 6.45) is 7.36. The number of ether oxygens (including phenoxy) is 1. The maximum Gasteiger partial charge on any atom is 0.310 e. The third-order valence-electron chi connectivity index (χ3n) is 8.47. The van der Waals surface area contributed by atoms with Gasteiger partial charge in [-0.2, -0.15) is 5.26 Å². The van der Waals surface area contributed by atoms with Gasteiger partial charge in [0.2, 0.25) is 0 Å². The van der Waals surface area contributed by atoms with Crippen LogP contribution in [0.25, 0.3) is 0 Å². The lowest BCUT2D eigenvalue weighted by molar-refractivity contribution is -0.144. The minimum atomic E-state index is -0.630. The predicted molar refractivity (Wildman–Crippen MR) is 131 cm³/mol. The first kappa shape index (κ1) is 22.9. The molecule has 3 fully saturated rings. The van der Waals surface area contributed by atoms with Crippen LogP contribution in [0.3, 0.4) is 0 Å². The Morgan fingerprint density at radius 1 is 1.06 bits per heavy atom. The largest absolute Gasteiger partial charge is 0.493 e. The molecule has 3 aliphatic rings. The zero-order chi connectivity index (χ0) is 23.6. The Hall–Kier alpha value is -2.84. The molecular weight excluding hydrogens is 424 g/mol. The smallest absolute Gasteiger partial charge is 0.310 e. The molecule has 5 nitrogen and oxygen atoms in total. The molecule has 2 aromatic rings. The van der Waals surface area contributed by atoms with Crippen molar-refractivity contribution < 1.29 is 14.6 Å². The molecule has 1 unspecified atom stereocenters. The number of carboxylic acid groups (broad SMARTS) is 1. The molecule has 178 valence electrons. The van der Waals surface area contributed by atoms with Gasteiger partial charge in [-0.25, -0.2) is 0 Å². The lowest BCUT2D eigenvalue weighted by atomic mass is 9.74. The molecule has 1 heterocycles. The van der Waals surface area contributed by atoms with Gasteiger partial charge >= 0.3 is 5.97 Å². The molecule has 1 saturated heterocycles. The fourth-order valence-electron chi connectivity index (χ4n) is 5.70. The van der Waals surface area contributed by atoms with Gasteiger partial charge < -0.3 is 14.7 Å². The molecule has 2 aromatic carbocycles. The van der Waals surface area contributed by atoms with Crippen molar-refractivity contribution in [3.63, 3.8) is 0 Å². The quantitative estimate of drug-likeness (QED) is 0.511. The van der Waals surface area contributed by atoms with Gasteiger partial charge in [0.15, 0.2) is 0 Å². The number of benzene rings is 2. The Kier molecular flexibility index (Phi) is 6.36. The normalized spacial score (nSPS) is 24.7. The topological polar surface area (TPSA) is 73.6 Å². The van der Waals surface area contributed by atoms with Crippen molar-refractivity contribution >= 4 is 5.97 Å². The average Bonchev–Trinajstić information content (AvgIpc) is 3.80. The number of aliphatic carboxylic acids is 1. The summed E-state index contributed by atoms with van der Waals surface area (Å²) in [5.74, 6) is 1.64. The lowest BCUT2D eigenvalue weighted by Crippen LogP contribution is -2.46. The minimum Gasteiger partial charge on any atom is -0.493 e. The summed E-state index contributed by atoms with van der Waals surface area (Å²) in [5, 5.41) is 18.6. The summed E-state index contributed by atoms with van der Waals surface area (Å²) in [6, 6.07) is 20.4. The van der Waals surface area contributed by atoms with E-state index in [0.717, 1.165) is 56.9 Å². The number of piperidine rings is 1. The van der Waals surface area contributed by atoms with Crippen LogP contribution < -0.4 is 4.74 Å². The molecule has 0 radical (unpaired) electrons. The van der Waals surface area contributed by atoms with Crippen LogP contribution >= 0.6 is 0 Å². The lowest BCUT2D eigenvalue weighted by Gasteiger charge is -2.42. The van der Waals surface area contributed by atoms with Crippen molar-refractivity contribution in [3.05, 3.63) is 65.7 Å². The number of rotatable bonds is 10. The van der Waals surface area contributed by atoms with Crippen LogP contribution in [-0.4, -0.2) is 42.2 Å². The zero-order valence-electron chi connectivity index (χ0n) is 19.8. The molecule has 34 heavy (non-hydrogen) atoms. The minimum absolute atomic E-state index is 0.119. The number of likely N-dealkylation sites (tertiary alicyclic amines) is 1. The van der Waals surface area contributed by atoms with Gasteiger partial charge in [0.25, 0.3) is 0 Å². The third-order valence-corrected chi connectivity index (χ3v) is 8.47. The Bertz CT molecular complexity index is 1030. The van der Waals surface area contributed by atoms with E-state index >= 15 is 0 Å². The first-order chi connectivity index (χ1) is 16.5. The molecule has 0 aromatic heterocycles. The Morgan fingerprint density at radius 2 is 1.76 bits per heavy atom.